The van der Waals surface area contributed by atoms with Crippen LogP contribution in [0.2, 0.25) is 0 Å². The van der Waals surface area contributed by atoms with Crippen LogP contribution in [0.1, 0.15) is 16.7 Å². The maximum absolute atomic E-state index is 6.26. The first-order chi connectivity index (χ1) is 16.1. The van der Waals surface area contributed by atoms with E-state index >= 15 is 0 Å². The van der Waals surface area contributed by atoms with E-state index in [1.165, 1.54) is 33.2 Å². The lowest BCUT2D eigenvalue weighted by Gasteiger charge is -2.12. The van der Waals surface area contributed by atoms with Gasteiger partial charge in [0.15, 0.2) is 5.82 Å². The molecule has 3 aromatic carbocycles. The molecule has 0 aliphatic carbocycles. The molecule has 6 nitrogen and oxygen atoms in total. The van der Waals surface area contributed by atoms with E-state index in [1.54, 1.807) is 6.07 Å². The fraction of sp³-hybridized carbons (Fsp3) is 0.0741. The number of benzene rings is 3. The van der Waals surface area contributed by atoms with E-state index in [4.69, 9.17) is 17.3 Å². The van der Waals surface area contributed by atoms with Crippen LogP contribution in [-0.4, -0.2) is 9.55 Å². The molecule has 0 unspecified atom stereocenters. The minimum atomic E-state index is 0.384. The highest BCUT2D eigenvalue weighted by molar-refractivity contribution is 5.85. The number of hydrazine groups is 1. The molecule has 0 spiro atoms. The third kappa shape index (κ3) is 4.12. The summed E-state index contributed by atoms with van der Waals surface area (Å²) in [4.78, 5) is 4.15. The van der Waals surface area contributed by atoms with E-state index < -0.39 is 0 Å². The minimum Gasteiger partial charge on any atom is -0.395 e. The predicted molar refractivity (Wildman–Crippen MR) is 137 cm³/mol. The molecule has 5 aromatic rings. The van der Waals surface area contributed by atoms with E-state index in [9.17, 15) is 0 Å². The molecule has 33 heavy (non-hydrogen) atoms. The van der Waals surface area contributed by atoms with Crippen molar-refractivity contribution in [2.24, 2.45) is 5.84 Å². The number of aromatic nitrogens is 2. The van der Waals surface area contributed by atoms with Crippen molar-refractivity contribution in [1.29, 1.82) is 0 Å². The molecule has 0 amide bonds. The van der Waals surface area contributed by atoms with Crippen molar-refractivity contribution < 1.29 is 0 Å². The average Bonchev–Trinajstić information content (AvgIpc) is 3.25. The summed E-state index contributed by atoms with van der Waals surface area (Å²) in [7, 11) is 0. The summed E-state index contributed by atoms with van der Waals surface area (Å²) < 4.78 is 2.28. The van der Waals surface area contributed by atoms with Crippen LogP contribution in [0.5, 0.6) is 0 Å². The van der Waals surface area contributed by atoms with Gasteiger partial charge >= 0.3 is 0 Å². The molecule has 0 saturated heterocycles. The fourth-order valence-electron chi connectivity index (χ4n) is 4.35. The van der Waals surface area contributed by atoms with Crippen molar-refractivity contribution in [1.82, 2.24) is 9.55 Å². The zero-order chi connectivity index (χ0) is 22.8. The number of hydrogen-bond donors (Lipinski definition) is 4. The number of fused-ring (bicyclic) bond motifs is 1. The molecule has 5 rings (SSSR count). The van der Waals surface area contributed by atoms with Gasteiger partial charge in [0.05, 0.1) is 5.69 Å². The molecule has 0 fully saturated rings. The summed E-state index contributed by atoms with van der Waals surface area (Å²) in [5.74, 6) is 6.33. The van der Waals surface area contributed by atoms with Crippen molar-refractivity contribution in [2.75, 3.05) is 16.9 Å². The highest BCUT2D eigenvalue weighted by atomic mass is 15.3. The Kier molecular flexibility index (Phi) is 5.42. The van der Waals surface area contributed by atoms with E-state index in [0.717, 1.165) is 12.1 Å². The lowest BCUT2D eigenvalue weighted by Crippen LogP contribution is -2.13. The number of nitrogen functional groups attached to an aromatic ring is 3. The second-order valence-electron chi connectivity index (χ2n) is 8.15. The molecule has 2 aromatic heterocycles. The highest BCUT2D eigenvalue weighted by Gasteiger charge is 2.12. The maximum atomic E-state index is 6.26. The Hall–Kier alpha value is -4.29. The second-order valence-corrected chi connectivity index (χ2v) is 8.15. The number of hydrogen-bond acceptors (Lipinski definition) is 5. The molecule has 6 heteroatoms. The van der Waals surface area contributed by atoms with Gasteiger partial charge in [-0.15, -0.1) is 0 Å². The first-order valence-corrected chi connectivity index (χ1v) is 10.8. The van der Waals surface area contributed by atoms with E-state index in [2.05, 4.69) is 94.0 Å². The Balaban J connectivity index is 1.46. The van der Waals surface area contributed by atoms with E-state index in [1.807, 2.05) is 6.07 Å². The maximum Gasteiger partial charge on any atom is 0.165 e. The lowest BCUT2D eigenvalue weighted by atomic mass is 10.0. The van der Waals surface area contributed by atoms with Gasteiger partial charge in [-0.2, -0.15) is 0 Å². The summed E-state index contributed by atoms with van der Waals surface area (Å²) in [5, 5.41) is 1.19. The molecule has 0 radical (unpaired) electrons. The minimum absolute atomic E-state index is 0.384. The Labute approximate surface area is 192 Å². The first kappa shape index (κ1) is 20.6. The molecule has 2 heterocycles. The van der Waals surface area contributed by atoms with Gasteiger partial charge in [-0.25, -0.2) is 10.8 Å². The number of pyridine rings is 1. The van der Waals surface area contributed by atoms with Crippen molar-refractivity contribution in [2.45, 2.75) is 13.0 Å². The smallest absolute Gasteiger partial charge is 0.165 e. The SMILES string of the molecule is NNc1nc(N)cc(Cc2cccc3c2ccn3Cc2cccc(-c3ccccc3)c2)c1N. The topological polar surface area (TPSA) is 108 Å². The molecule has 0 bridgehead atoms. The molecule has 7 N–H and O–H groups in total. The summed E-state index contributed by atoms with van der Waals surface area (Å²) in [5.41, 5.74) is 22.2. The van der Waals surface area contributed by atoms with Crippen LogP contribution in [0, 0.1) is 0 Å². The van der Waals surface area contributed by atoms with Crippen LogP contribution < -0.4 is 22.7 Å². The third-order valence-corrected chi connectivity index (χ3v) is 5.97. The van der Waals surface area contributed by atoms with Gasteiger partial charge < -0.3 is 21.5 Å². The van der Waals surface area contributed by atoms with Crippen LogP contribution in [0.15, 0.2) is 91.1 Å². The van der Waals surface area contributed by atoms with Crippen LogP contribution in [0.25, 0.3) is 22.0 Å². The summed E-state index contributed by atoms with van der Waals surface area (Å²) in [6.45, 7) is 0.791. The van der Waals surface area contributed by atoms with Crippen LogP contribution in [-0.2, 0) is 13.0 Å². The Bertz CT molecular complexity index is 1420. The van der Waals surface area contributed by atoms with Crippen LogP contribution in [0.3, 0.4) is 0 Å². The molecular weight excluding hydrogens is 408 g/mol. The number of nitrogens with two attached hydrogens (primary N) is 3. The highest BCUT2D eigenvalue weighted by Crippen LogP contribution is 2.29. The standard InChI is InChI=1S/C27H26N6/c28-25-16-22(26(29)27(31-25)32-30)15-21-10-5-11-24-23(21)12-13-33(24)17-18-6-4-9-20(14-18)19-7-2-1-3-8-19/h1-14,16H,15,17,29-30H2,(H3,28,31,32). The largest absolute Gasteiger partial charge is 0.395 e. The monoisotopic (exact) mass is 434 g/mol. The second kappa shape index (κ2) is 8.68. The van der Waals surface area contributed by atoms with Crippen molar-refractivity contribution in [3.8, 4) is 11.1 Å². The summed E-state index contributed by atoms with van der Waals surface area (Å²) >= 11 is 0. The number of nitrogens with zero attached hydrogens (tertiary/aromatic N) is 2. The third-order valence-electron chi connectivity index (χ3n) is 5.97. The molecule has 0 aliphatic heterocycles. The van der Waals surface area contributed by atoms with Gasteiger partial charge in [0.1, 0.15) is 5.82 Å². The summed E-state index contributed by atoms with van der Waals surface area (Å²) in [6, 6.07) is 29.5. The van der Waals surface area contributed by atoms with E-state index in [-0.39, 0.29) is 0 Å². The number of anilines is 3. The van der Waals surface area contributed by atoms with Gasteiger partial charge in [0.2, 0.25) is 0 Å². The van der Waals surface area contributed by atoms with Crippen molar-refractivity contribution in [3.63, 3.8) is 0 Å². The van der Waals surface area contributed by atoms with Gasteiger partial charge in [-0.1, -0.05) is 60.7 Å². The molecule has 0 atom stereocenters. The van der Waals surface area contributed by atoms with Crippen LogP contribution >= 0.6 is 0 Å². The van der Waals surface area contributed by atoms with Gasteiger partial charge in [0.25, 0.3) is 0 Å². The zero-order valence-corrected chi connectivity index (χ0v) is 18.2. The zero-order valence-electron chi connectivity index (χ0n) is 18.2. The van der Waals surface area contributed by atoms with E-state index in [0.29, 0.717) is 23.7 Å². The lowest BCUT2D eigenvalue weighted by molar-refractivity contribution is 0.837. The predicted octanol–water partition coefficient (Wildman–Crippen LogP) is 4.79. The summed E-state index contributed by atoms with van der Waals surface area (Å²) in [6.07, 6.45) is 2.78. The Morgan fingerprint density at radius 1 is 0.788 bits per heavy atom. The normalized spacial score (nSPS) is 11.1. The fourth-order valence-corrected chi connectivity index (χ4v) is 4.35. The Morgan fingerprint density at radius 3 is 2.39 bits per heavy atom. The van der Waals surface area contributed by atoms with Crippen molar-refractivity contribution >= 4 is 28.2 Å². The molecule has 0 saturated carbocycles. The molecular formula is C27H26N6. The Morgan fingerprint density at radius 2 is 1.58 bits per heavy atom. The molecule has 0 aliphatic rings. The van der Waals surface area contributed by atoms with Crippen molar-refractivity contribution in [3.05, 3.63) is 108 Å². The average molecular weight is 435 g/mol. The van der Waals surface area contributed by atoms with Crippen LogP contribution in [0.4, 0.5) is 17.3 Å². The van der Waals surface area contributed by atoms with Gasteiger partial charge in [0, 0.05) is 30.1 Å². The number of rotatable bonds is 6. The van der Waals surface area contributed by atoms with Gasteiger partial charge in [-0.05, 0) is 52.1 Å². The van der Waals surface area contributed by atoms with Gasteiger partial charge in [-0.3, -0.25) is 0 Å². The quantitative estimate of drug-likeness (QED) is 0.227. The first-order valence-electron chi connectivity index (χ1n) is 10.8. The number of nitrogens with one attached hydrogen (secondary N) is 1. The molecule has 164 valence electrons.